The molecule has 0 saturated carbocycles. The number of sulfonamides is 1. The Kier molecular flexibility index (Phi) is 5.94. The number of rotatable bonds is 6. The Morgan fingerprint density at radius 1 is 0.935 bits per heavy atom. The third-order valence-electron chi connectivity index (χ3n) is 4.16. The minimum Gasteiger partial charge on any atom is -0.478 e. The predicted molar refractivity (Wildman–Crippen MR) is 108 cm³/mol. The summed E-state index contributed by atoms with van der Waals surface area (Å²) in [7, 11) is -4.10. The Labute approximate surface area is 176 Å². The van der Waals surface area contributed by atoms with Gasteiger partial charge in [-0.2, -0.15) is 13.2 Å². The molecule has 0 unspecified atom stereocenters. The quantitative estimate of drug-likeness (QED) is 0.550. The van der Waals surface area contributed by atoms with Gasteiger partial charge < -0.3 is 9.84 Å². The SMILES string of the molecule is CS(=O)(=O)N(c1ccccc1)c1cc(C(F)(F)F)ccc1Oc1ccccc1C(=O)O. The second-order valence-corrected chi connectivity index (χ2v) is 8.28. The molecule has 0 bridgehead atoms. The van der Waals surface area contributed by atoms with Crippen LogP contribution in [-0.2, 0) is 16.2 Å². The van der Waals surface area contributed by atoms with Gasteiger partial charge in [0, 0.05) is 0 Å². The summed E-state index contributed by atoms with van der Waals surface area (Å²) < 4.78 is 71.6. The topological polar surface area (TPSA) is 83.9 Å². The van der Waals surface area contributed by atoms with Crippen LogP contribution in [0.15, 0.2) is 72.8 Å². The van der Waals surface area contributed by atoms with Crippen LogP contribution in [0.3, 0.4) is 0 Å². The molecule has 6 nitrogen and oxygen atoms in total. The minimum atomic E-state index is -4.74. The van der Waals surface area contributed by atoms with Gasteiger partial charge in [0.2, 0.25) is 10.0 Å². The number of carbonyl (C=O) groups is 1. The lowest BCUT2D eigenvalue weighted by molar-refractivity contribution is -0.137. The average Bonchev–Trinajstić information content (AvgIpc) is 2.68. The summed E-state index contributed by atoms with van der Waals surface area (Å²) in [4.78, 5) is 11.5. The van der Waals surface area contributed by atoms with E-state index in [0.29, 0.717) is 10.4 Å². The van der Waals surface area contributed by atoms with Gasteiger partial charge in [-0.3, -0.25) is 0 Å². The number of aromatic carboxylic acids is 1. The number of carboxylic acid groups (broad SMARTS) is 1. The van der Waals surface area contributed by atoms with Crippen molar-refractivity contribution in [3.8, 4) is 11.5 Å². The smallest absolute Gasteiger partial charge is 0.416 e. The van der Waals surface area contributed by atoms with E-state index in [1.54, 1.807) is 6.07 Å². The van der Waals surface area contributed by atoms with Crippen LogP contribution < -0.4 is 9.04 Å². The van der Waals surface area contributed by atoms with E-state index in [4.69, 9.17) is 4.74 Å². The van der Waals surface area contributed by atoms with Gasteiger partial charge in [-0.05, 0) is 42.5 Å². The first-order chi connectivity index (χ1) is 14.5. The van der Waals surface area contributed by atoms with Crippen molar-refractivity contribution in [1.29, 1.82) is 0 Å². The summed E-state index contributed by atoms with van der Waals surface area (Å²) >= 11 is 0. The van der Waals surface area contributed by atoms with Crippen molar-refractivity contribution in [3.05, 3.63) is 83.9 Å². The van der Waals surface area contributed by atoms with Crippen LogP contribution >= 0.6 is 0 Å². The van der Waals surface area contributed by atoms with Crippen LogP contribution in [0.2, 0.25) is 0 Å². The first-order valence-corrected chi connectivity index (χ1v) is 10.6. The molecule has 3 rings (SSSR count). The molecule has 1 N–H and O–H groups in total. The van der Waals surface area contributed by atoms with Crippen molar-refractivity contribution in [2.45, 2.75) is 6.18 Å². The van der Waals surface area contributed by atoms with E-state index >= 15 is 0 Å². The number of ether oxygens (including phenoxy) is 1. The van der Waals surface area contributed by atoms with Crippen molar-refractivity contribution in [1.82, 2.24) is 0 Å². The van der Waals surface area contributed by atoms with Gasteiger partial charge in [-0.25, -0.2) is 17.5 Å². The summed E-state index contributed by atoms with van der Waals surface area (Å²) in [6.45, 7) is 0. The van der Waals surface area contributed by atoms with Gasteiger partial charge in [0.15, 0.2) is 5.75 Å². The van der Waals surface area contributed by atoms with Gasteiger partial charge >= 0.3 is 12.1 Å². The normalized spacial score (nSPS) is 11.7. The van der Waals surface area contributed by atoms with E-state index < -0.39 is 33.4 Å². The van der Waals surface area contributed by atoms with E-state index in [9.17, 15) is 31.5 Å². The predicted octanol–water partition coefficient (Wildman–Crippen LogP) is 5.29. The average molecular weight is 451 g/mol. The monoisotopic (exact) mass is 451 g/mol. The molecule has 0 atom stereocenters. The molecule has 162 valence electrons. The summed E-state index contributed by atoms with van der Waals surface area (Å²) in [6.07, 6.45) is -3.90. The lowest BCUT2D eigenvalue weighted by atomic mass is 10.1. The Balaban J connectivity index is 2.25. The first-order valence-electron chi connectivity index (χ1n) is 8.75. The number of alkyl halides is 3. The van der Waals surface area contributed by atoms with Crippen LogP contribution in [0, 0.1) is 0 Å². The van der Waals surface area contributed by atoms with Crippen LogP contribution in [0.4, 0.5) is 24.5 Å². The number of halogens is 3. The van der Waals surface area contributed by atoms with Crippen molar-refractivity contribution in [2.24, 2.45) is 0 Å². The lowest BCUT2D eigenvalue weighted by Gasteiger charge is -2.26. The zero-order chi connectivity index (χ0) is 22.8. The molecule has 0 aromatic heterocycles. The number of hydrogen-bond acceptors (Lipinski definition) is 4. The number of hydrogen-bond donors (Lipinski definition) is 1. The van der Waals surface area contributed by atoms with Crippen molar-refractivity contribution >= 4 is 27.4 Å². The molecule has 0 aliphatic carbocycles. The summed E-state index contributed by atoms with van der Waals surface area (Å²) in [5.74, 6) is -1.74. The molecule has 0 saturated heterocycles. The molecule has 3 aromatic carbocycles. The lowest BCUT2D eigenvalue weighted by Crippen LogP contribution is -2.25. The fraction of sp³-hybridized carbons (Fsp3) is 0.0952. The first kappa shape index (κ1) is 22.2. The van der Waals surface area contributed by atoms with Gasteiger partial charge in [0.25, 0.3) is 0 Å². The number of nitrogens with zero attached hydrogens (tertiary/aromatic N) is 1. The number of benzene rings is 3. The highest BCUT2D eigenvalue weighted by atomic mass is 32.2. The maximum Gasteiger partial charge on any atom is 0.416 e. The Bertz CT molecular complexity index is 1210. The van der Waals surface area contributed by atoms with E-state index in [1.165, 1.54) is 48.5 Å². The Hall–Kier alpha value is -3.53. The van der Waals surface area contributed by atoms with Crippen LogP contribution in [-0.4, -0.2) is 25.7 Å². The van der Waals surface area contributed by atoms with E-state index in [-0.39, 0.29) is 22.7 Å². The molecular formula is C21H16F3NO5S. The fourth-order valence-electron chi connectivity index (χ4n) is 2.86. The fourth-order valence-corrected chi connectivity index (χ4v) is 3.87. The van der Waals surface area contributed by atoms with Crippen molar-refractivity contribution in [3.63, 3.8) is 0 Å². The second-order valence-electron chi connectivity index (χ2n) is 6.45. The van der Waals surface area contributed by atoms with Gasteiger partial charge in [0.1, 0.15) is 17.0 Å². The standard InChI is InChI=1S/C21H16F3NO5S/c1-31(28,29)25(15-7-3-2-4-8-15)17-13-14(21(22,23)24)11-12-19(17)30-18-10-6-5-9-16(18)20(26)27/h2-13H,1H3,(H,26,27). The maximum absolute atomic E-state index is 13.4. The Morgan fingerprint density at radius 2 is 1.55 bits per heavy atom. The van der Waals surface area contributed by atoms with Crippen molar-refractivity contribution < 1.29 is 36.2 Å². The van der Waals surface area contributed by atoms with Gasteiger partial charge in [-0.1, -0.05) is 30.3 Å². The molecule has 0 radical (unpaired) electrons. The third kappa shape index (κ3) is 4.97. The van der Waals surface area contributed by atoms with Gasteiger partial charge in [-0.15, -0.1) is 0 Å². The van der Waals surface area contributed by atoms with Gasteiger partial charge in [0.05, 0.1) is 17.5 Å². The molecule has 0 aliphatic rings. The second kappa shape index (κ2) is 8.31. The van der Waals surface area contributed by atoms with Crippen molar-refractivity contribution in [2.75, 3.05) is 10.6 Å². The molecule has 0 fully saturated rings. The van der Waals surface area contributed by atoms with E-state index in [0.717, 1.165) is 18.4 Å². The molecule has 3 aromatic rings. The third-order valence-corrected chi connectivity index (χ3v) is 5.24. The van der Waals surface area contributed by atoms with Crippen LogP contribution in [0.5, 0.6) is 11.5 Å². The Morgan fingerprint density at radius 3 is 2.13 bits per heavy atom. The zero-order valence-electron chi connectivity index (χ0n) is 16.0. The molecular weight excluding hydrogens is 435 g/mol. The highest BCUT2D eigenvalue weighted by molar-refractivity contribution is 7.92. The van der Waals surface area contributed by atoms with Crippen LogP contribution in [0.25, 0.3) is 0 Å². The highest BCUT2D eigenvalue weighted by Crippen LogP contribution is 2.42. The minimum absolute atomic E-state index is 0.0840. The molecule has 0 heterocycles. The maximum atomic E-state index is 13.4. The zero-order valence-corrected chi connectivity index (χ0v) is 16.8. The summed E-state index contributed by atoms with van der Waals surface area (Å²) in [6, 6.07) is 15.4. The number of anilines is 2. The summed E-state index contributed by atoms with van der Waals surface area (Å²) in [5, 5.41) is 9.35. The number of carboxylic acids is 1. The molecule has 0 aliphatic heterocycles. The molecule has 31 heavy (non-hydrogen) atoms. The number of para-hydroxylation sites is 2. The molecule has 10 heteroatoms. The summed E-state index contributed by atoms with van der Waals surface area (Å²) in [5.41, 5.74) is -1.66. The van der Waals surface area contributed by atoms with E-state index in [1.807, 2.05) is 0 Å². The molecule has 0 spiro atoms. The van der Waals surface area contributed by atoms with E-state index in [2.05, 4.69) is 0 Å². The molecule has 0 amide bonds. The highest BCUT2D eigenvalue weighted by Gasteiger charge is 2.34. The van der Waals surface area contributed by atoms with Crippen LogP contribution in [0.1, 0.15) is 15.9 Å². The largest absolute Gasteiger partial charge is 0.478 e.